The summed E-state index contributed by atoms with van der Waals surface area (Å²) < 4.78 is 38.3. The summed E-state index contributed by atoms with van der Waals surface area (Å²) in [6.45, 7) is 0. The Morgan fingerprint density at radius 2 is 1.93 bits per heavy atom. The number of hydrogen-bond donors (Lipinski definition) is 0. The molecular formula is C10H9F3N2. The van der Waals surface area contributed by atoms with Crippen LogP contribution in [-0.4, -0.2) is 24.5 Å². The monoisotopic (exact) mass is 214 g/mol. The van der Waals surface area contributed by atoms with Gasteiger partial charge in [-0.3, -0.25) is 0 Å². The highest BCUT2D eigenvalue weighted by Gasteiger charge is 2.45. The van der Waals surface area contributed by atoms with E-state index in [-0.39, 0.29) is 5.56 Å². The fraction of sp³-hybridized carbons (Fsp3) is 0.300. The van der Waals surface area contributed by atoms with Gasteiger partial charge >= 0.3 is 6.18 Å². The molecule has 1 heterocycles. The molecule has 15 heavy (non-hydrogen) atoms. The van der Waals surface area contributed by atoms with Gasteiger partial charge in [0.25, 0.3) is 0 Å². The first-order valence-electron chi connectivity index (χ1n) is 4.42. The van der Waals surface area contributed by atoms with Gasteiger partial charge in [0.05, 0.1) is 12.0 Å². The van der Waals surface area contributed by atoms with Gasteiger partial charge in [-0.25, -0.2) is 4.99 Å². The van der Waals surface area contributed by atoms with E-state index in [0.29, 0.717) is 5.69 Å². The molecule has 80 valence electrons. The molecule has 0 aliphatic carbocycles. The van der Waals surface area contributed by atoms with Gasteiger partial charge in [0.15, 0.2) is 6.04 Å². The van der Waals surface area contributed by atoms with Crippen molar-refractivity contribution in [2.45, 2.75) is 12.2 Å². The Morgan fingerprint density at radius 3 is 2.60 bits per heavy atom. The molecule has 5 heteroatoms. The third-order valence-corrected chi connectivity index (χ3v) is 2.33. The molecule has 0 radical (unpaired) electrons. The first-order chi connectivity index (χ1) is 7.00. The molecule has 1 unspecified atom stereocenters. The Labute approximate surface area is 85.0 Å². The molecule has 2 rings (SSSR count). The number of alkyl halides is 3. The molecule has 0 bridgehead atoms. The topological polar surface area (TPSA) is 15.6 Å². The molecule has 0 fully saturated rings. The van der Waals surface area contributed by atoms with Gasteiger partial charge in [0.2, 0.25) is 0 Å². The average Bonchev–Trinajstić information content (AvgIpc) is 2.15. The standard InChI is InChI=1S/C10H9F3N2/c1-15-6-14-8-5-3-2-4-7(8)9(15)10(11,12)13/h2-6,9H,1H3. The highest BCUT2D eigenvalue weighted by molar-refractivity contribution is 5.68. The summed E-state index contributed by atoms with van der Waals surface area (Å²) in [6, 6.07) is 4.71. The molecule has 1 aromatic rings. The molecule has 0 spiro atoms. The number of fused-ring (bicyclic) bond motifs is 1. The lowest BCUT2D eigenvalue weighted by Gasteiger charge is -2.32. The molecule has 1 atom stereocenters. The van der Waals surface area contributed by atoms with Crippen molar-refractivity contribution in [2.24, 2.45) is 4.99 Å². The van der Waals surface area contributed by atoms with Crippen molar-refractivity contribution in [3.05, 3.63) is 29.8 Å². The highest BCUT2D eigenvalue weighted by atomic mass is 19.4. The fourth-order valence-corrected chi connectivity index (χ4v) is 1.68. The molecule has 0 saturated carbocycles. The number of rotatable bonds is 0. The number of para-hydroxylation sites is 1. The Morgan fingerprint density at radius 1 is 1.27 bits per heavy atom. The van der Waals surface area contributed by atoms with Crippen LogP contribution in [0.2, 0.25) is 0 Å². The smallest absolute Gasteiger partial charge is 0.350 e. The molecule has 0 aromatic heterocycles. The van der Waals surface area contributed by atoms with Gasteiger partial charge in [-0.15, -0.1) is 0 Å². The van der Waals surface area contributed by atoms with E-state index >= 15 is 0 Å². The SMILES string of the molecule is CN1C=Nc2ccccc2C1C(F)(F)F. The summed E-state index contributed by atoms with van der Waals surface area (Å²) in [5, 5.41) is 0. The number of aliphatic imine (C=N–C) groups is 1. The highest BCUT2D eigenvalue weighted by Crippen LogP contribution is 2.42. The van der Waals surface area contributed by atoms with Crippen molar-refractivity contribution in [3.63, 3.8) is 0 Å². The van der Waals surface area contributed by atoms with E-state index in [4.69, 9.17) is 0 Å². The average molecular weight is 214 g/mol. The molecule has 0 N–H and O–H groups in total. The molecule has 0 amide bonds. The molecule has 1 aliphatic heterocycles. The summed E-state index contributed by atoms with van der Waals surface area (Å²) in [6.07, 6.45) is -3.07. The van der Waals surface area contributed by atoms with Crippen LogP contribution in [0.1, 0.15) is 11.6 Å². The van der Waals surface area contributed by atoms with Crippen LogP contribution in [0.15, 0.2) is 29.3 Å². The zero-order chi connectivity index (χ0) is 11.1. The maximum Gasteiger partial charge on any atom is 0.413 e. The first-order valence-corrected chi connectivity index (χ1v) is 4.42. The van der Waals surface area contributed by atoms with Gasteiger partial charge in [0, 0.05) is 12.6 Å². The van der Waals surface area contributed by atoms with Crippen LogP contribution >= 0.6 is 0 Å². The minimum atomic E-state index is -4.28. The number of benzene rings is 1. The summed E-state index contributed by atoms with van der Waals surface area (Å²) in [5.41, 5.74) is 0.591. The van der Waals surface area contributed by atoms with E-state index < -0.39 is 12.2 Å². The Kier molecular flexibility index (Phi) is 2.17. The maximum absolute atomic E-state index is 12.8. The normalized spacial score (nSPS) is 20.3. The van der Waals surface area contributed by atoms with Crippen LogP contribution in [0.25, 0.3) is 0 Å². The first kappa shape index (κ1) is 10.0. The van der Waals surface area contributed by atoms with Gasteiger partial charge in [-0.2, -0.15) is 13.2 Å². The predicted octanol–water partition coefficient (Wildman–Crippen LogP) is 2.90. The molecular weight excluding hydrogens is 205 g/mol. The van der Waals surface area contributed by atoms with Crippen LogP contribution in [0, 0.1) is 0 Å². The van der Waals surface area contributed by atoms with Crippen molar-refractivity contribution in [1.29, 1.82) is 0 Å². The summed E-state index contributed by atoms with van der Waals surface area (Å²) in [5.74, 6) is 0. The molecule has 1 aromatic carbocycles. The van der Waals surface area contributed by atoms with Crippen LogP contribution in [0.5, 0.6) is 0 Å². The van der Waals surface area contributed by atoms with Crippen LogP contribution < -0.4 is 0 Å². The van der Waals surface area contributed by atoms with Crippen molar-refractivity contribution in [1.82, 2.24) is 4.90 Å². The predicted molar refractivity (Wildman–Crippen MR) is 51.2 cm³/mol. The van der Waals surface area contributed by atoms with Crippen molar-refractivity contribution < 1.29 is 13.2 Å². The van der Waals surface area contributed by atoms with Gasteiger partial charge in [-0.05, 0) is 6.07 Å². The lowest BCUT2D eigenvalue weighted by atomic mass is 10.0. The third kappa shape index (κ3) is 1.69. The summed E-state index contributed by atoms with van der Waals surface area (Å²) >= 11 is 0. The molecule has 2 nitrogen and oxygen atoms in total. The van der Waals surface area contributed by atoms with E-state index in [2.05, 4.69) is 4.99 Å². The molecule has 0 saturated heterocycles. The number of nitrogens with zero attached hydrogens (tertiary/aromatic N) is 2. The lowest BCUT2D eigenvalue weighted by Crippen LogP contribution is -2.36. The van der Waals surface area contributed by atoms with Crippen LogP contribution in [0.4, 0.5) is 18.9 Å². The van der Waals surface area contributed by atoms with Crippen LogP contribution in [0.3, 0.4) is 0 Å². The van der Waals surface area contributed by atoms with E-state index in [0.717, 1.165) is 4.90 Å². The lowest BCUT2D eigenvalue weighted by molar-refractivity contribution is -0.173. The number of halogens is 3. The zero-order valence-corrected chi connectivity index (χ0v) is 7.99. The van der Waals surface area contributed by atoms with Crippen molar-refractivity contribution in [3.8, 4) is 0 Å². The van der Waals surface area contributed by atoms with E-state index in [9.17, 15) is 13.2 Å². The second-order valence-corrected chi connectivity index (χ2v) is 3.41. The number of hydrogen-bond acceptors (Lipinski definition) is 2. The second kappa shape index (κ2) is 3.25. The minimum Gasteiger partial charge on any atom is -0.350 e. The quantitative estimate of drug-likeness (QED) is 0.648. The maximum atomic E-state index is 12.8. The fourth-order valence-electron chi connectivity index (χ4n) is 1.68. The summed E-state index contributed by atoms with van der Waals surface area (Å²) in [4.78, 5) is 5.01. The van der Waals surface area contributed by atoms with E-state index in [1.165, 1.54) is 19.5 Å². The second-order valence-electron chi connectivity index (χ2n) is 3.41. The van der Waals surface area contributed by atoms with Crippen LogP contribution in [-0.2, 0) is 0 Å². The van der Waals surface area contributed by atoms with Crippen molar-refractivity contribution in [2.75, 3.05) is 7.05 Å². The summed E-state index contributed by atoms with van der Waals surface area (Å²) in [7, 11) is 1.37. The zero-order valence-electron chi connectivity index (χ0n) is 7.99. The van der Waals surface area contributed by atoms with Gasteiger partial charge in [-0.1, -0.05) is 18.2 Å². The van der Waals surface area contributed by atoms with Gasteiger partial charge in [0.1, 0.15) is 0 Å². The van der Waals surface area contributed by atoms with E-state index in [1.54, 1.807) is 18.2 Å². The molecule has 1 aliphatic rings. The van der Waals surface area contributed by atoms with Gasteiger partial charge < -0.3 is 4.90 Å². The van der Waals surface area contributed by atoms with Crippen molar-refractivity contribution >= 4 is 12.0 Å². The Hall–Kier alpha value is -1.52. The third-order valence-electron chi connectivity index (χ3n) is 2.33. The minimum absolute atomic E-state index is 0.204. The Balaban J connectivity index is 2.52. The largest absolute Gasteiger partial charge is 0.413 e. The Bertz CT molecular complexity index is 398. The van der Waals surface area contributed by atoms with E-state index in [1.807, 2.05) is 0 Å².